The molecule has 0 aliphatic carbocycles. The van der Waals surface area contributed by atoms with E-state index in [-0.39, 0.29) is 5.91 Å². The van der Waals surface area contributed by atoms with Crippen LogP contribution >= 0.6 is 0 Å². The fraction of sp³-hybridized carbons (Fsp3) is 0.273. The lowest BCUT2D eigenvalue weighted by atomic mass is 10.2. The highest BCUT2D eigenvalue weighted by Crippen LogP contribution is 2.03. The highest BCUT2D eigenvalue weighted by atomic mass is 16.1. The predicted octanol–water partition coefficient (Wildman–Crippen LogP) is 0.145. The van der Waals surface area contributed by atoms with Crippen molar-refractivity contribution >= 4 is 11.7 Å². The maximum atomic E-state index is 11.8. The Kier molecular flexibility index (Phi) is 3.85. The van der Waals surface area contributed by atoms with E-state index in [1.807, 2.05) is 0 Å². The quantitative estimate of drug-likeness (QED) is 0.784. The Bertz CT molecular complexity index is 493. The Balaban J connectivity index is 1.83. The molecular formula is C11H14N6O. The second kappa shape index (κ2) is 5.76. The fourth-order valence-corrected chi connectivity index (χ4v) is 1.41. The highest BCUT2D eigenvalue weighted by Gasteiger charge is 2.05. The van der Waals surface area contributed by atoms with Crippen molar-refractivity contribution in [3.8, 4) is 0 Å². The molecule has 0 aromatic carbocycles. The summed E-state index contributed by atoms with van der Waals surface area (Å²) < 4.78 is 1.66. The summed E-state index contributed by atoms with van der Waals surface area (Å²) in [4.78, 5) is 15.8. The van der Waals surface area contributed by atoms with Crippen molar-refractivity contribution in [2.45, 2.75) is 6.54 Å². The molecule has 2 N–H and O–H groups in total. The number of carbonyl (C=O) groups is 1. The zero-order chi connectivity index (χ0) is 12.8. The fourth-order valence-electron chi connectivity index (χ4n) is 1.41. The molecule has 18 heavy (non-hydrogen) atoms. The molecule has 2 aromatic heterocycles. The molecule has 1 amide bonds. The van der Waals surface area contributed by atoms with Crippen LogP contribution in [0, 0.1) is 0 Å². The third-order valence-electron chi connectivity index (χ3n) is 2.38. The molecule has 2 heterocycles. The second-order valence-electron chi connectivity index (χ2n) is 3.60. The van der Waals surface area contributed by atoms with Gasteiger partial charge in [0.2, 0.25) is 0 Å². The number of nitrogens with zero attached hydrogens (tertiary/aromatic N) is 4. The summed E-state index contributed by atoms with van der Waals surface area (Å²) in [6, 6.07) is 3.48. The van der Waals surface area contributed by atoms with Gasteiger partial charge < -0.3 is 10.6 Å². The van der Waals surface area contributed by atoms with E-state index in [0.717, 1.165) is 5.82 Å². The van der Waals surface area contributed by atoms with Gasteiger partial charge in [0.1, 0.15) is 5.82 Å². The topological polar surface area (TPSA) is 84.7 Å². The van der Waals surface area contributed by atoms with Crippen LogP contribution in [0.15, 0.2) is 30.7 Å². The van der Waals surface area contributed by atoms with Crippen molar-refractivity contribution in [3.63, 3.8) is 0 Å². The molecule has 0 aliphatic rings. The summed E-state index contributed by atoms with van der Waals surface area (Å²) in [5.74, 6) is 0.583. The van der Waals surface area contributed by atoms with Crippen molar-refractivity contribution in [2.75, 3.05) is 18.9 Å². The van der Waals surface area contributed by atoms with Crippen molar-refractivity contribution in [2.24, 2.45) is 0 Å². The molecule has 7 heteroatoms. The third-order valence-corrected chi connectivity index (χ3v) is 2.38. The van der Waals surface area contributed by atoms with Gasteiger partial charge in [-0.25, -0.2) is 4.98 Å². The van der Waals surface area contributed by atoms with Crippen molar-refractivity contribution in [1.29, 1.82) is 0 Å². The molecule has 0 saturated heterocycles. The van der Waals surface area contributed by atoms with Gasteiger partial charge in [-0.1, -0.05) is 5.21 Å². The number of amides is 1. The molecule has 7 nitrogen and oxygen atoms in total. The number of hydrogen-bond donors (Lipinski definition) is 2. The first-order valence-electron chi connectivity index (χ1n) is 5.55. The van der Waals surface area contributed by atoms with Gasteiger partial charge >= 0.3 is 0 Å². The van der Waals surface area contributed by atoms with Crippen molar-refractivity contribution < 1.29 is 4.79 Å². The summed E-state index contributed by atoms with van der Waals surface area (Å²) >= 11 is 0. The summed E-state index contributed by atoms with van der Waals surface area (Å²) in [5.41, 5.74) is 0.535. The summed E-state index contributed by atoms with van der Waals surface area (Å²) in [6.07, 6.45) is 4.88. The lowest BCUT2D eigenvalue weighted by Crippen LogP contribution is -2.27. The number of aromatic nitrogens is 4. The molecule has 0 saturated carbocycles. The molecule has 0 unspecified atom stereocenters. The van der Waals surface area contributed by atoms with Crippen molar-refractivity contribution in [1.82, 2.24) is 25.3 Å². The van der Waals surface area contributed by atoms with Crippen molar-refractivity contribution in [3.05, 3.63) is 36.3 Å². The minimum absolute atomic E-state index is 0.148. The van der Waals surface area contributed by atoms with Gasteiger partial charge in [0.25, 0.3) is 5.91 Å². The van der Waals surface area contributed by atoms with Gasteiger partial charge in [0, 0.05) is 26.0 Å². The van der Waals surface area contributed by atoms with Crippen LogP contribution in [0.2, 0.25) is 0 Å². The standard InChI is InChI=1S/C11H14N6O/c1-12-10-3-2-9(8-14-10)11(18)13-4-6-17-7-5-15-16-17/h2-3,5,7-8H,4,6H2,1H3,(H,12,14)(H,13,18). The number of nitrogens with one attached hydrogen (secondary N) is 2. The molecule has 0 radical (unpaired) electrons. The third kappa shape index (κ3) is 3.03. The van der Waals surface area contributed by atoms with E-state index in [2.05, 4.69) is 25.9 Å². The Morgan fingerprint density at radius 3 is 2.94 bits per heavy atom. The highest BCUT2D eigenvalue weighted by molar-refractivity contribution is 5.93. The average molecular weight is 246 g/mol. The lowest BCUT2D eigenvalue weighted by Gasteiger charge is -2.05. The van der Waals surface area contributed by atoms with E-state index in [1.165, 1.54) is 6.20 Å². The van der Waals surface area contributed by atoms with E-state index in [4.69, 9.17) is 0 Å². The normalized spacial score (nSPS) is 10.1. The molecule has 0 atom stereocenters. The van der Waals surface area contributed by atoms with E-state index in [9.17, 15) is 4.79 Å². The van der Waals surface area contributed by atoms with Crippen LogP contribution in [-0.2, 0) is 6.54 Å². The van der Waals surface area contributed by atoms with Crippen LogP contribution in [0.5, 0.6) is 0 Å². The second-order valence-corrected chi connectivity index (χ2v) is 3.60. The van der Waals surface area contributed by atoms with E-state index < -0.39 is 0 Å². The van der Waals surface area contributed by atoms with Crippen LogP contribution in [0.25, 0.3) is 0 Å². The number of anilines is 1. The van der Waals surface area contributed by atoms with Gasteiger partial charge in [-0.05, 0) is 12.1 Å². The van der Waals surface area contributed by atoms with Gasteiger partial charge in [-0.15, -0.1) is 5.10 Å². The maximum Gasteiger partial charge on any atom is 0.252 e. The van der Waals surface area contributed by atoms with E-state index in [1.54, 1.807) is 36.3 Å². The molecule has 2 aromatic rings. The number of hydrogen-bond acceptors (Lipinski definition) is 5. The molecule has 94 valence electrons. The number of pyridine rings is 1. The largest absolute Gasteiger partial charge is 0.373 e. The Labute approximate surface area is 104 Å². The minimum Gasteiger partial charge on any atom is -0.373 e. The molecule has 2 rings (SSSR count). The van der Waals surface area contributed by atoms with Crippen LogP contribution in [0.4, 0.5) is 5.82 Å². The molecular weight excluding hydrogens is 232 g/mol. The van der Waals surface area contributed by atoms with Crippen LogP contribution in [0.1, 0.15) is 10.4 Å². The number of rotatable bonds is 5. The van der Waals surface area contributed by atoms with Gasteiger partial charge in [-0.3, -0.25) is 9.48 Å². The predicted molar refractivity (Wildman–Crippen MR) is 66.1 cm³/mol. The summed E-state index contributed by atoms with van der Waals surface area (Å²) in [5, 5.41) is 13.2. The number of carbonyl (C=O) groups excluding carboxylic acids is 1. The molecule has 0 aliphatic heterocycles. The van der Waals surface area contributed by atoms with Crippen LogP contribution in [-0.4, -0.2) is 39.5 Å². The lowest BCUT2D eigenvalue weighted by molar-refractivity contribution is 0.0951. The maximum absolute atomic E-state index is 11.8. The van der Waals surface area contributed by atoms with E-state index >= 15 is 0 Å². The van der Waals surface area contributed by atoms with Gasteiger partial charge in [0.15, 0.2) is 0 Å². The van der Waals surface area contributed by atoms with Gasteiger partial charge in [-0.2, -0.15) is 0 Å². The average Bonchev–Trinajstić information content (AvgIpc) is 2.92. The first-order valence-corrected chi connectivity index (χ1v) is 5.55. The molecule has 0 bridgehead atoms. The Morgan fingerprint density at radius 2 is 2.33 bits per heavy atom. The van der Waals surface area contributed by atoms with Crippen LogP contribution in [0.3, 0.4) is 0 Å². The monoisotopic (exact) mass is 246 g/mol. The summed E-state index contributed by atoms with van der Waals surface area (Å²) in [7, 11) is 1.78. The smallest absolute Gasteiger partial charge is 0.252 e. The zero-order valence-corrected chi connectivity index (χ0v) is 10.00. The summed E-state index contributed by atoms with van der Waals surface area (Å²) in [6.45, 7) is 1.09. The first kappa shape index (κ1) is 12.0. The van der Waals surface area contributed by atoms with E-state index in [0.29, 0.717) is 18.7 Å². The minimum atomic E-state index is -0.148. The first-order chi connectivity index (χ1) is 8.79. The Hall–Kier alpha value is -2.44. The SMILES string of the molecule is CNc1ccc(C(=O)NCCn2ccnn2)cn1. The molecule has 0 fully saturated rings. The zero-order valence-electron chi connectivity index (χ0n) is 10.00. The Morgan fingerprint density at radius 1 is 1.44 bits per heavy atom. The van der Waals surface area contributed by atoms with Gasteiger partial charge in [0.05, 0.1) is 18.3 Å². The molecule has 0 spiro atoms. The van der Waals surface area contributed by atoms with Crippen LogP contribution < -0.4 is 10.6 Å².